The van der Waals surface area contributed by atoms with Gasteiger partial charge in [0.2, 0.25) is 11.8 Å². The van der Waals surface area contributed by atoms with Crippen molar-refractivity contribution in [2.45, 2.75) is 31.5 Å². The van der Waals surface area contributed by atoms with Gasteiger partial charge in [0.05, 0.1) is 23.0 Å². The predicted octanol–water partition coefficient (Wildman–Crippen LogP) is 0.0538. The number of hydrogen-bond donors (Lipinski definition) is 1. The number of nitrogens with zero attached hydrogens (tertiary/aromatic N) is 1. The zero-order valence-corrected chi connectivity index (χ0v) is 10.7. The topological polar surface area (TPSA) is 72.6 Å². The fourth-order valence-electron chi connectivity index (χ4n) is 3.56. The molecule has 2 N–H and O–H groups in total. The predicted molar refractivity (Wildman–Crippen MR) is 64.4 cm³/mol. The fourth-order valence-corrected chi connectivity index (χ4v) is 3.56. The third-order valence-electron chi connectivity index (χ3n) is 4.40. The fraction of sp³-hybridized carbons (Fsp3) is 0.692. The van der Waals surface area contributed by atoms with Crippen LogP contribution >= 0.6 is 0 Å². The second-order valence-electron chi connectivity index (χ2n) is 5.73. The molecule has 18 heavy (non-hydrogen) atoms. The minimum absolute atomic E-state index is 0.103. The lowest BCUT2D eigenvalue weighted by Crippen LogP contribution is -2.40. The van der Waals surface area contributed by atoms with E-state index in [1.54, 1.807) is 0 Å². The molecule has 0 spiro atoms. The molecule has 5 nitrogen and oxygen atoms in total. The van der Waals surface area contributed by atoms with Crippen LogP contribution in [0.1, 0.15) is 20.3 Å². The van der Waals surface area contributed by atoms with Gasteiger partial charge in [-0.05, 0) is 26.8 Å². The van der Waals surface area contributed by atoms with Crippen LogP contribution in [-0.2, 0) is 14.3 Å². The highest BCUT2D eigenvalue weighted by atomic mass is 16.5. The van der Waals surface area contributed by atoms with Crippen molar-refractivity contribution in [2.24, 2.45) is 17.6 Å². The molecular weight excluding hydrogens is 232 g/mol. The van der Waals surface area contributed by atoms with Gasteiger partial charge in [-0.3, -0.25) is 14.5 Å². The van der Waals surface area contributed by atoms with Crippen LogP contribution in [0.15, 0.2) is 12.2 Å². The van der Waals surface area contributed by atoms with Gasteiger partial charge in [0.15, 0.2) is 0 Å². The molecule has 2 amide bonds. The lowest BCUT2D eigenvalue weighted by atomic mass is 9.73. The van der Waals surface area contributed by atoms with Gasteiger partial charge in [0, 0.05) is 6.54 Å². The number of nitrogens with two attached hydrogens (primary N) is 1. The number of likely N-dealkylation sites (tertiary alicyclic amines) is 1. The van der Waals surface area contributed by atoms with Gasteiger partial charge < -0.3 is 10.5 Å². The van der Waals surface area contributed by atoms with Crippen molar-refractivity contribution >= 4 is 11.8 Å². The summed E-state index contributed by atoms with van der Waals surface area (Å²) < 4.78 is 5.90. The Morgan fingerprint density at radius 3 is 2.17 bits per heavy atom. The number of carbonyl (C=O) groups is 2. The van der Waals surface area contributed by atoms with E-state index in [0.717, 1.165) is 0 Å². The number of rotatable bonds is 3. The first kappa shape index (κ1) is 11.9. The maximum absolute atomic E-state index is 12.4. The summed E-state index contributed by atoms with van der Waals surface area (Å²) >= 11 is 0. The highest BCUT2D eigenvalue weighted by Gasteiger charge is 2.70. The highest BCUT2D eigenvalue weighted by Crippen LogP contribution is 2.56. The van der Waals surface area contributed by atoms with Crippen LogP contribution < -0.4 is 5.73 Å². The van der Waals surface area contributed by atoms with Crippen LogP contribution in [0.25, 0.3) is 0 Å². The summed E-state index contributed by atoms with van der Waals surface area (Å²) in [6.45, 7) is 4.68. The molecule has 2 bridgehead atoms. The van der Waals surface area contributed by atoms with Crippen molar-refractivity contribution in [3.05, 3.63) is 12.2 Å². The Morgan fingerprint density at radius 2 is 1.72 bits per heavy atom. The number of fused-ring (bicyclic) bond motifs is 5. The molecule has 2 fully saturated rings. The first-order valence-electron chi connectivity index (χ1n) is 6.39. The number of carbonyl (C=O) groups excluding carboxylic acids is 2. The summed E-state index contributed by atoms with van der Waals surface area (Å²) in [6, 6.07) is 0. The largest absolute Gasteiger partial charge is 0.359 e. The third kappa shape index (κ3) is 1.23. The monoisotopic (exact) mass is 250 g/mol. The van der Waals surface area contributed by atoms with Crippen molar-refractivity contribution < 1.29 is 14.3 Å². The average molecular weight is 250 g/mol. The van der Waals surface area contributed by atoms with Gasteiger partial charge in [-0.25, -0.2) is 0 Å². The number of amides is 2. The van der Waals surface area contributed by atoms with Crippen LogP contribution in [0.5, 0.6) is 0 Å². The summed E-state index contributed by atoms with van der Waals surface area (Å²) in [5, 5.41) is 0. The van der Waals surface area contributed by atoms with Crippen LogP contribution in [0, 0.1) is 11.8 Å². The van der Waals surface area contributed by atoms with Gasteiger partial charge in [-0.1, -0.05) is 12.2 Å². The summed E-state index contributed by atoms with van der Waals surface area (Å²) in [5.74, 6) is -0.932. The van der Waals surface area contributed by atoms with E-state index in [4.69, 9.17) is 10.5 Å². The Bertz CT molecular complexity index is 425. The summed E-state index contributed by atoms with van der Waals surface area (Å²) in [7, 11) is 0. The molecule has 3 aliphatic rings. The smallest absolute Gasteiger partial charge is 0.236 e. The highest BCUT2D eigenvalue weighted by molar-refractivity contribution is 6.07. The molecule has 3 rings (SSSR count). The normalized spacial score (nSPS) is 45.2. The van der Waals surface area contributed by atoms with E-state index in [-0.39, 0.29) is 23.7 Å². The Hall–Kier alpha value is -1.20. The van der Waals surface area contributed by atoms with Crippen molar-refractivity contribution in [3.63, 3.8) is 0 Å². The average Bonchev–Trinajstić information content (AvgIpc) is 2.84. The summed E-state index contributed by atoms with van der Waals surface area (Å²) in [4.78, 5) is 26.2. The van der Waals surface area contributed by atoms with Crippen LogP contribution in [-0.4, -0.2) is 41.0 Å². The van der Waals surface area contributed by atoms with Gasteiger partial charge in [-0.2, -0.15) is 0 Å². The molecule has 0 aromatic carbocycles. The minimum atomic E-state index is -0.621. The maximum atomic E-state index is 12.4. The Balaban J connectivity index is 1.95. The van der Waals surface area contributed by atoms with Crippen LogP contribution in [0.2, 0.25) is 0 Å². The second kappa shape index (κ2) is 3.42. The van der Waals surface area contributed by atoms with Gasteiger partial charge in [0.1, 0.15) is 0 Å². The molecule has 3 aliphatic heterocycles. The number of imide groups is 1. The van der Waals surface area contributed by atoms with Crippen LogP contribution in [0.3, 0.4) is 0 Å². The van der Waals surface area contributed by atoms with E-state index in [1.807, 2.05) is 26.0 Å². The molecule has 98 valence electrons. The standard InChI is InChI=1S/C13H18N2O3/c1-12-4-5-13(2,18-12)9-8(12)10(16)15(11(9)17)7-3-6-14/h4-5,8-9H,3,6-7,14H2,1-2H3. The molecular formula is C13H18N2O3. The molecule has 0 aromatic heterocycles. The van der Waals surface area contributed by atoms with Gasteiger partial charge in [-0.15, -0.1) is 0 Å². The zero-order chi connectivity index (χ0) is 13.1. The van der Waals surface area contributed by atoms with E-state index < -0.39 is 11.2 Å². The molecule has 3 heterocycles. The van der Waals surface area contributed by atoms with Crippen LogP contribution in [0.4, 0.5) is 0 Å². The molecule has 0 radical (unpaired) electrons. The molecule has 0 saturated carbocycles. The van der Waals surface area contributed by atoms with E-state index in [9.17, 15) is 9.59 Å². The van der Waals surface area contributed by atoms with E-state index in [0.29, 0.717) is 19.5 Å². The van der Waals surface area contributed by atoms with E-state index >= 15 is 0 Å². The Morgan fingerprint density at radius 1 is 1.22 bits per heavy atom. The maximum Gasteiger partial charge on any atom is 0.236 e. The zero-order valence-electron chi connectivity index (χ0n) is 10.7. The molecule has 2 saturated heterocycles. The molecule has 4 atom stereocenters. The first-order valence-corrected chi connectivity index (χ1v) is 6.39. The molecule has 5 heteroatoms. The van der Waals surface area contributed by atoms with E-state index in [1.165, 1.54) is 4.90 Å². The van der Waals surface area contributed by atoms with Crippen molar-refractivity contribution in [1.29, 1.82) is 0 Å². The summed E-state index contributed by atoms with van der Waals surface area (Å²) in [5.41, 5.74) is 4.20. The lowest BCUT2D eigenvalue weighted by Gasteiger charge is -2.25. The number of ether oxygens (including phenoxy) is 1. The molecule has 0 aromatic rings. The molecule has 0 aliphatic carbocycles. The minimum Gasteiger partial charge on any atom is -0.359 e. The van der Waals surface area contributed by atoms with Gasteiger partial charge in [0.25, 0.3) is 0 Å². The quantitative estimate of drug-likeness (QED) is 0.567. The Labute approximate surface area is 106 Å². The van der Waals surface area contributed by atoms with Crippen molar-refractivity contribution in [2.75, 3.05) is 13.1 Å². The first-order chi connectivity index (χ1) is 8.43. The Kier molecular flexibility index (Phi) is 2.26. The second-order valence-corrected chi connectivity index (χ2v) is 5.73. The lowest BCUT2D eigenvalue weighted by molar-refractivity contribution is -0.146. The van der Waals surface area contributed by atoms with Gasteiger partial charge >= 0.3 is 0 Å². The number of hydrogen-bond acceptors (Lipinski definition) is 4. The van der Waals surface area contributed by atoms with E-state index in [2.05, 4.69) is 0 Å². The third-order valence-corrected chi connectivity index (χ3v) is 4.40. The SMILES string of the molecule is CC12C=CC(C)(O1)C1C(=O)N(CCCN)C(=O)C12. The van der Waals surface area contributed by atoms with Crippen molar-refractivity contribution in [1.82, 2.24) is 4.90 Å². The molecule has 4 unspecified atom stereocenters. The van der Waals surface area contributed by atoms with Crippen molar-refractivity contribution in [3.8, 4) is 0 Å². The summed E-state index contributed by atoms with van der Waals surface area (Å²) in [6.07, 6.45) is 4.50.